The predicted molar refractivity (Wildman–Crippen MR) is 130 cm³/mol. The lowest BCUT2D eigenvalue weighted by molar-refractivity contribution is -0.149. The van der Waals surface area contributed by atoms with Crippen molar-refractivity contribution in [3.63, 3.8) is 0 Å². The van der Waals surface area contributed by atoms with E-state index < -0.39 is 6.10 Å². The summed E-state index contributed by atoms with van der Waals surface area (Å²) in [6.07, 6.45) is 6.52. The second-order valence-electron chi connectivity index (χ2n) is 9.73. The number of anilines is 1. The van der Waals surface area contributed by atoms with E-state index in [1.807, 2.05) is 0 Å². The zero-order chi connectivity index (χ0) is 23.9. The van der Waals surface area contributed by atoms with E-state index in [2.05, 4.69) is 10.6 Å². The fourth-order valence-corrected chi connectivity index (χ4v) is 5.36. The van der Waals surface area contributed by atoms with Gasteiger partial charge in [0.1, 0.15) is 6.10 Å². The van der Waals surface area contributed by atoms with E-state index in [0.29, 0.717) is 35.9 Å². The maximum atomic E-state index is 13.1. The van der Waals surface area contributed by atoms with Gasteiger partial charge in [-0.15, -0.1) is 0 Å². The number of fused-ring (bicyclic) bond motifs is 1. The number of benzene rings is 1. The van der Waals surface area contributed by atoms with Crippen LogP contribution in [0.1, 0.15) is 51.4 Å². The van der Waals surface area contributed by atoms with Crippen molar-refractivity contribution >= 4 is 29.2 Å². The van der Waals surface area contributed by atoms with E-state index >= 15 is 0 Å². The lowest BCUT2D eigenvalue weighted by Gasteiger charge is -2.44. The number of carbonyl (C=O) groups excluding carboxylic acids is 2. The number of nitrogens with zero attached hydrogens (tertiary/aromatic N) is 1. The fourth-order valence-electron chi connectivity index (χ4n) is 5.23. The molecule has 4 rings (SSSR count). The molecule has 0 radical (unpaired) electrons. The van der Waals surface area contributed by atoms with E-state index in [1.165, 1.54) is 32.1 Å². The van der Waals surface area contributed by atoms with Gasteiger partial charge in [-0.2, -0.15) is 0 Å². The molecule has 1 aliphatic carbocycles. The van der Waals surface area contributed by atoms with Crippen LogP contribution in [0, 0.1) is 5.92 Å². The van der Waals surface area contributed by atoms with E-state index in [0.717, 1.165) is 6.54 Å². The summed E-state index contributed by atoms with van der Waals surface area (Å²) in [6.45, 7) is 1.30. The van der Waals surface area contributed by atoms with Crippen LogP contribution in [0.4, 0.5) is 10.5 Å². The Bertz CT molecular complexity index is 817. The quantitative estimate of drug-likeness (QED) is 0.582. The first-order chi connectivity index (χ1) is 16.5. The molecule has 2 heterocycles. The molecule has 34 heavy (non-hydrogen) atoms. The fraction of sp³-hybridized carbons (Fsp3) is 0.680. The highest BCUT2D eigenvalue weighted by Crippen LogP contribution is 2.29. The van der Waals surface area contributed by atoms with Gasteiger partial charge in [-0.25, -0.2) is 4.79 Å². The summed E-state index contributed by atoms with van der Waals surface area (Å²) in [5.41, 5.74) is 0.628. The normalized spacial score (nSPS) is 28.4. The number of nitrogens with one attached hydrogen (secondary N) is 2. The zero-order valence-corrected chi connectivity index (χ0v) is 20.3. The van der Waals surface area contributed by atoms with Gasteiger partial charge in [-0.1, -0.05) is 30.9 Å². The Balaban J connectivity index is 1.33. The first-order valence-electron chi connectivity index (χ1n) is 12.5. The molecule has 1 saturated carbocycles. The molecule has 3 fully saturated rings. The summed E-state index contributed by atoms with van der Waals surface area (Å²) in [5.74, 6) is 0.612. The monoisotopic (exact) mass is 493 g/mol. The first kappa shape index (κ1) is 25.2. The average Bonchev–Trinajstić information content (AvgIpc) is 2.82. The highest BCUT2D eigenvalue weighted by Gasteiger charge is 2.40. The molecule has 8 nitrogen and oxygen atoms in total. The highest BCUT2D eigenvalue weighted by atomic mass is 35.5. The molecule has 9 heteroatoms. The number of β-amino-alcohol motifs (C(OH)–C–C–N with tert-alkyl or cyclic N) is 1. The molecule has 1 aromatic carbocycles. The Labute approximate surface area is 206 Å². The van der Waals surface area contributed by atoms with Crippen LogP contribution < -0.4 is 10.6 Å². The number of urea groups is 1. The summed E-state index contributed by atoms with van der Waals surface area (Å²) in [5, 5.41) is 16.9. The maximum Gasteiger partial charge on any atom is 0.322 e. The second-order valence-corrected chi connectivity index (χ2v) is 10.2. The number of aliphatic hydroxyl groups excluding tert-OH is 1. The van der Waals surface area contributed by atoms with Gasteiger partial charge in [-0.3, -0.25) is 4.79 Å². The van der Waals surface area contributed by atoms with Crippen LogP contribution in [-0.4, -0.2) is 72.6 Å². The van der Waals surface area contributed by atoms with Gasteiger partial charge >= 0.3 is 6.03 Å². The lowest BCUT2D eigenvalue weighted by Crippen LogP contribution is -2.58. The van der Waals surface area contributed by atoms with Gasteiger partial charge in [0.15, 0.2) is 0 Å². The Hall–Kier alpha value is -1.87. The van der Waals surface area contributed by atoms with Gasteiger partial charge < -0.3 is 30.1 Å². The molecule has 4 atom stereocenters. The molecule has 0 spiro atoms. The Morgan fingerprint density at radius 3 is 2.59 bits per heavy atom. The number of amides is 3. The minimum atomic E-state index is -0.778. The molecular formula is C25H36ClN3O5. The second kappa shape index (κ2) is 12.2. The standard InChI is InChI=1S/C25H36ClN3O5/c26-18-6-8-19(9-7-18)28-25(32)29-14-20(30)15-33-16-23-22(29)11-10-21(34-23)12-24(31)27-13-17-4-2-1-3-5-17/h6-9,17,20-23,30H,1-5,10-16H2,(H,27,31)(H,28,32)/t20-,21+,22+,23-/m1/s1. The average molecular weight is 494 g/mol. The van der Waals surface area contributed by atoms with Crippen LogP contribution in [0.3, 0.4) is 0 Å². The van der Waals surface area contributed by atoms with E-state index in [-0.39, 0.29) is 49.9 Å². The number of ether oxygens (including phenoxy) is 2. The van der Waals surface area contributed by atoms with Gasteiger partial charge in [-0.05, 0) is 55.9 Å². The Morgan fingerprint density at radius 2 is 1.82 bits per heavy atom. The summed E-state index contributed by atoms with van der Waals surface area (Å²) in [4.78, 5) is 27.3. The molecule has 0 bridgehead atoms. The lowest BCUT2D eigenvalue weighted by atomic mass is 9.89. The largest absolute Gasteiger partial charge is 0.389 e. The van der Waals surface area contributed by atoms with Crippen molar-refractivity contribution in [2.24, 2.45) is 5.92 Å². The molecular weight excluding hydrogens is 458 g/mol. The van der Waals surface area contributed by atoms with Crippen LogP contribution in [0.15, 0.2) is 24.3 Å². The Morgan fingerprint density at radius 1 is 1.06 bits per heavy atom. The van der Waals surface area contributed by atoms with Crippen molar-refractivity contribution in [3.05, 3.63) is 29.3 Å². The summed E-state index contributed by atoms with van der Waals surface area (Å²) in [6, 6.07) is 6.35. The van der Waals surface area contributed by atoms with Crippen molar-refractivity contribution in [1.82, 2.24) is 10.2 Å². The molecule has 3 amide bonds. The number of carbonyl (C=O) groups is 2. The Kier molecular flexibility index (Phi) is 9.05. The van der Waals surface area contributed by atoms with Crippen molar-refractivity contribution in [2.75, 3.05) is 31.6 Å². The van der Waals surface area contributed by atoms with Gasteiger partial charge in [0, 0.05) is 17.3 Å². The van der Waals surface area contributed by atoms with Crippen molar-refractivity contribution in [3.8, 4) is 0 Å². The van der Waals surface area contributed by atoms with Crippen molar-refractivity contribution in [2.45, 2.75) is 75.7 Å². The number of hydrogen-bond acceptors (Lipinski definition) is 5. The summed E-state index contributed by atoms with van der Waals surface area (Å²) >= 11 is 5.94. The van der Waals surface area contributed by atoms with Crippen LogP contribution in [0.5, 0.6) is 0 Å². The summed E-state index contributed by atoms with van der Waals surface area (Å²) in [7, 11) is 0. The molecule has 0 unspecified atom stereocenters. The highest BCUT2D eigenvalue weighted by molar-refractivity contribution is 6.30. The number of hydrogen-bond donors (Lipinski definition) is 3. The third-order valence-corrected chi connectivity index (χ3v) is 7.31. The SMILES string of the molecule is O=C(C[C@@H]1CC[C@H]2[C@@H](COC[C@H](O)CN2C(=O)Nc2ccc(Cl)cc2)O1)NCC1CCCCC1. The topological polar surface area (TPSA) is 100 Å². The van der Waals surface area contributed by atoms with Crippen molar-refractivity contribution in [1.29, 1.82) is 0 Å². The number of aliphatic hydroxyl groups is 1. The van der Waals surface area contributed by atoms with Crippen LogP contribution in [-0.2, 0) is 14.3 Å². The molecule has 3 aliphatic rings. The van der Waals surface area contributed by atoms with Crippen LogP contribution in [0.2, 0.25) is 5.02 Å². The van der Waals surface area contributed by atoms with Gasteiger partial charge in [0.05, 0.1) is 44.4 Å². The minimum Gasteiger partial charge on any atom is -0.389 e. The van der Waals surface area contributed by atoms with Gasteiger partial charge in [0.25, 0.3) is 0 Å². The molecule has 0 aromatic heterocycles. The van der Waals surface area contributed by atoms with E-state index in [4.69, 9.17) is 21.1 Å². The molecule has 2 saturated heterocycles. The number of rotatable bonds is 5. The molecule has 1 aromatic rings. The maximum absolute atomic E-state index is 13.1. The smallest absolute Gasteiger partial charge is 0.322 e. The van der Waals surface area contributed by atoms with Crippen molar-refractivity contribution < 1.29 is 24.2 Å². The molecule has 188 valence electrons. The third-order valence-electron chi connectivity index (χ3n) is 7.06. The number of halogens is 1. The molecule has 3 N–H and O–H groups in total. The van der Waals surface area contributed by atoms with Crippen LogP contribution in [0.25, 0.3) is 0 Å². The zero-order valence-electron chi connectivity index (χ0n) is 19.6. The third kappa shape index (κ3) is 7.07. The van der Waals surface area contributed by atoms with Gasteiger partial charge in [0.2, 0.25) is 5.91 Å². The molecule has 2 aliphatic heterocycles. The predicted octanol–water partition coefficient (Wildman–Crippen LogP) is 3.57. The minimum absolute atomic E-state index is 0.0218. The first-order valence-corrected chi connectivity index (χ1v) is 12.9. The summed E-state index contributed by atoms with van der Waals surface area (Å²) < 4.78 is 11.9. The van der Waals surface area contributed by atoms with E-state index in [9.17, 15) is 14.7 Å². The van der Waals surface area contributed by atoms with E-state index in [1.54, 1.807) is 29.2 Å². The van der Waals surface area contributed by atoms with Crippen LogP contribution >= 0.6 is 11.6 Å².